The standard InChI is InChI=1S/C18H26N2O/c1-18(14-7-8-14)13-20(11-4-10-19-18)16-9-12-21-17-6-3-2-5-15(16)17/h2-3,5-6,14,16,19H,4,7-13H2,1H3. The van der Waals surface area contributed by atoms with Crippen LogP contribution >= 0.6 is 0 Å². The molecule has 1 saturated heterocycles. The van der Waals surface area contributed by atoms with E-state index in [1.807, 2.05) is 0 Å². The van der Waals surface area contributed by atoms with E-state index in [9.17, 15) is 0 Å². The lowest BCUT2D eigenvalue weighted by Gasteiger charge is -2.40. The van der Waals surface area contributed by atoms with Gasteiger partial charge in [0.25, 0.3) is 0 Å². The summed E-state index contributed by atoms with van der Waals surface area (Å²) < 4.78 is 5.85. The number of para-hydroxylation sites is 1. The summed E-state index contributed by atoms with van der Waals surface area (Å²) in [4.78, 5) is 2.72. The van der Waals surface area contributed by atoms with Crippen LogP contribution in [0.15, 0.2) is 24.3 Å². The van der Waals surface area contributed by atoms with E-state index in [2.05, 4.69) is 41.4 Å². The van der Waals surface area contributed by atoms with E-state index in [1.165, 1.54) is 37.9 Å². The third-order valence-corrected chi connectivity index (χ3v) is 5.53. The van der Waals surface area contributed by atoms with Gasteiger partial charge >= 0.3 is 0 Å². The summed E-state index contributed by atoms with van der Waals surface area (Å²) in [6.07, 6.45) is 5.18. The van der Waals surface area contributed by atoms with Crippen molar-refractivity contribution in [1.29, 1.82) is 0 Å². The fourth-order valence-electron chi connectivity index (χ4n) is 4.18. The number of fused-ring (bicyclic) bond motifs is 1. The molecule has 3 heteroatoms. The maximum absolute atomic E-state index is 5.85. The Kier molecular flexibility index (Phi) is 3.43. The van der Waals surface area contributed by atoms with Crippen molar-refractivity contribution in [2.75, 3.05) is 26.2 Å². The van der Waals surface area contributed by atoms with Crippen LogP contribution in [0, 0.1) is 5.92 Å². The van der Waals surface area contributed by atoms with Crippen LogP contribution in [0.2, 0.25) is 0 Å². The average Bonchev–Trinajstić information content (AvgIpc) is 3.34. The second-order valence-corrected chi connectivity index (χ2v) is 7.13. The smallest absolute Gasteiger partial charge is 0.124 e. The second-order valence-electron chi connectivity index (χ2n) is 7.13. The molecule has 2 fully saturated rings. The van der Waals surface area contributed by atoms with Gasteiger partial charge in [-0.2, -0.15) is 0 Å². The summed E-state index contributed by atoms with van der Waals surface area (Å²) in [7, 11) is 0. The van der Waals surface area contributed by atoms with Crippen LogP contribution in [0.5, 0.6) is 5.75 Å². The van der Waals surface area contributed by atoms with Crippen LogP contribution in [-0.2, 0) is 0 Å². The first-order chi connectivity index (χ1) is 10.3. The lowest BCUT2D eigenvalue weighted by molar-refractivity contribution is 0.113. The minimum absolute atomic E-state index is 0.309. The molecule has 2 unspecified atom stereocenters. The number of hydrogen-bond donors (Lipinski definition) is 1. The highest BCUT2D eigenvalue weighted by Crippen LogP contribution is 2.43. The van der Waals surface area contributed by atoms with Crippen LogP contribution < -0.4 is 10.1 Å². The van der Waals surface area contributed by atoms with E-state index in [4.69, 9.17) is 4.74 Å². The second kappa shape index (κ2) is 5.29. The lowest BCUT2D eigenvalue weighted by atomic mass is 9.92. The predicted octanol–water partition coefficient (Wildman–Crippen LogP) is 2.97. The Bertz CT molecular complexity index is 514. The Morgan fingerprint density at radius 3 is 2.95 bits per heavy atom. The molecule has 1 saturated carbocycles. The van der Waals surface area contributed by atoms with Crippen LogP contribution in [0.4, 0.5) is 0 Å². The minimum Gasteiger partial charge on any atom is -0.493 e. The lowest BCUT2D eigenvalue weighted by Crippen LogP contribution is -2.51. The monoisotopic (exact) mass is 286 g/mol. The van der Waals surface area contributed by atoms with Crippen molar-refractivity contribution in [3.05, 3.63) is 29.8 Å². The number of nitrogens with one attached hydrogen (secondary N) is 1. The number of rotatable bonds is 2. The van der Waals surface area contributed by atoms with Crippen molar-refractivity contribution in [2.24, 2.45) is 5.92 Å². The van der Waals surface area contributed by atoms with Crippen molar-refractivity contribution < 1.29 is 4.74 Å². The molecule has 2 aliphatic heterocycles. The molecular formula is C18H26N2O. The number of benzene rings is 1. The number of nitrogens with zero attached hydrogens (tertiary/aromatic N) is 1. The van der Waals surface area contributed by atoms with Crippen molar-refractivity contribution in [1.82, 2.24) is 10.2 Å². The molecule has 0 spiro atoms. The maximum Gasteiger partial charge on any atom is 0.124 e. The van der Waals surface area contributed by atoms with Crippen LogP contribution in [-0.4, -0.2) is 36.7 Å². The summed E-state index contributed by atoms with van der Waals surface area (Å²) >= 11 is 0. The fourth-order valence-corrected chi connectivity index (χ4v) is 4.18. The Hall–Kier alpha value is -1.06. The van der Waals surface area contributed by atoms with Gasteiger partial charge in [-0.15, -0.1) is 0 Å². The van der Waals surface area contributed by atoms with Gasteiger partial charge in [0.1, 0.15) is 5.75 Å². The van der Waals surface area contributed by atoms with Gasteiger partial charge in [-0.25, -0.2) is 0 Å². The van der Waals surface area contributed by atoms with Crippen LogP contribution in [0.1, 0.15) is 44.2 Å². The van der Waals surface area contributed by atoms with E-state index in [0.29, 0.717) is 11.6 Å². The van der Waals surface area contributed by atoms with E-state index in [0.717, 1.165) is 31.2 Å². The zero-order chi connectivity index (χ0) is 14.3. The fraction of sp³-hybridized carbons (Fsp3) is 0.667. The molecule has 1 aliphatic carbocycles. The molecule has 1 aromatic rings. The van der Waals surface area contributed by atoms with E-state index < -0.39 is 0 Å². The highest BCUT2D eigenvalue weighted by Gasteiger charge is 2.44. The SMILES string of the molecule is CC1(C2CC2)CN(C2CCOc3ccccc32)CCCN1. The highest BCUT2D eigenvalue weighted by atomic mass is 16.5. The largest absolute Gasteiger partial charge is 0.493 e. The molecular weight excluding hydrogens is 260 g/mol. The molecule has 0 bridgehead atoms. The number of hydrogen-bond acceptors (Lipinski definition) is 3. The molecule has 1 aromatic carbocycles. The summed E-state index contributed by atoms with van der Waals surface area (Å²) in [6.45, 7) is 6.83. The van der Waals surface area contributed by atoms with Gasteiger partial charge in [-0.3, -0.25) is 4.90 Å². The molecule has 0 amide bonds. The Balaban J connectivity index is 1.60. The third kappa shape index (κ3) is 2.58. The molecule has 0 radical (unpaired) electrons. The van der Waals surface area contributed by atoms with E-state index >= 15 is 0 Å². The summed E-state index contributed by atoms with van der Waals surface area (Å²) in [6, 6.07) is 9.15. The van der Waals surface area contributed by atoms with Gasteiger partial charge in [-0.1, -0.05) is 18.2 Å². The van der Waals surface area contributed by atoms with Crippen molar-refractivity contribution in [2.45, 2.75) is 44.2 Å². The molecule has 0 aromatic heterocycles. The van der Waals surface area contributed by atoms with Crippen LogP contribution in [0.25, 0.3) is 0 Å². The zero-order valence-corrected chi connectivity index (χ0v) is 13.0. The maximum atomic E-state index is 5.85. The van der Waals surface area contributed by atoms with Gasteiger partial charge in [-0.05, 0) is 44.7 Å². The zero-order valence-electron chi connectivity index (χ0n) is 13.0. The first-order valence-corrected chi connectivity index (χ1v) is 8.47. The Morgan fingerprint density at radius 2 is 2.10 bits per heavy atom. The molecule has 1 N–H and O–H groups in total. The number of ether oxygens (including phenoxy) is 1. The van der Waals surface area contributed by atoms with Gasteiger partial charge in [0.05, 0.1) is 6.61 Å². The summed E-state index contributed by atoms with van der Waals surface area (Å²) in [5, 5.41) is 3.84. The first kappa shape index (κ1) is 13.6. The molecule has 4 rings (SSSR count). The van der Waals surface area contributed by atoms with Gasteiger partial charge < -0.3 is 10.1 Å². The topological polar surface area (TPSA) is 24.5 Å². The molecule has 2 heterocycles. The van der Waals surface area contributed by atoms with Gasteiger partial charge in [0.2, 0.25) is 0 Å². The molecule has 2 atom stereocenters. The Morgan fingerprint density at radius 1 is 1.24 bits per heavy atom. The normalized spacial score (nSPS) is 33.9. The molecule has 3 nitrogen and oxygen atoms in total. The predicted molar refractivity (Wildman–Crippen MR) is 84.6 cm³/mol. The van der Waals surface area contributed by atoms with Crippen LogP contribution in [0.3, 0.4) is 0 Å². The third-order valence-electron chi connectivity index (χ3n) is 5.53. The quantitative estimate of drug-likeness (QED) is 0.904. The molecule has 114 valence electrons. The van der Waals surface area contributed by atoms with E-state index in [-0.39, 0.29) is 0 Å². The molecule has 3 aliphatic rings. The highest BCUT2D eigenvalue weighted by molar-refractivity contribution is 5.37. The molecule has 21 heavy (non-hydrogen) atoms. The minimum atomic E-state index is 0.309. The van der Waals surface area contributed by atoms with Crippen molar-refractivity contribution in [3.63, 3.8) is 0 Å². The van der Waals surface area contributed by atoms with Gasteiger partial charge in [0.15, 0.2) is 0 Å². The summed E-state index contributed by atoms with van der Waals surface area (Å²) in [5.41, 5.74) is 1.70. The first-order valence-electron chi connectivity index (χ1n) is 8.47. The van der Waals surface area contributed by atoms with Gasteiger partial charge in [0, 0.05) is 36.7 Å². The van der Waals surface area contributed by atoms with Crippen molar-refractivity contribution in [3.8, 4) is 5.75 Å². The van der Waals surface area contributed by atoms with Crippen molar-refractivity contribution >= 4 is 0 Å². The average molecular weight is 286 g/mol. The summed E-state index contributed by atoms with van der Waals surface area (Å²) in [5.74, 6) is 1.98. The Labute approximate surface area is 127 Å². The van der Waals surface area contributed by atoms with E-state index in [1.54, 1.807) is 0 Å².